The van der Waals surface area contributed by atoms with E-state index in [1.807, 2.05) is 35.7 Å². The first kappa shape index (κ1) is 19.0. The minimum absolute atomic E-state index is 0.0257. The summed E-state index contributed by atoms with van der Waals surface area (Å²) in [7, 11) is 0. The molecular formula is C22H19N3O3S. The van der Waals surface area contributed by atoms with E-state index in [0.29, 0.717) is 11.3 Å². The lowest BCUT2D eigenvalue weighted by molar-refractivity contribution is -0.141. The normalized spacial score (nSPS) is 10.9. The SMILES string of the molecule is CCc1cccc2c(C(=O)COC(=O)Cc3csc(-c4cccnc4)n3)c[nH]c12. The van der Waals surface area contributed by atoms with Crippen LogP contribution in [0.1, 0.15) is 28.5 Å². The number of fused-ring (bicyclic) bond motifs is 1. The lowest BCUT2D eigenvalue weighted by Gasteiger charge is -2.03. The molecule has 3 heterocycles. The summed E-state index contributed by atoms with van der Waals surface area (Å²) in [6.07, 6.45) is 6.00. The monoisotopic (exact) mass is 405 g/mol. The van der Waals surface area contributed by atoms with Crippen LogP contribution >= 0.6 is 11.3 Å². The predicted molar refractivity (Wildman–Crippen MR) is 112 cm³/mol. The van der Waals surface area contributed by atoms with Crippen molar-refractivity contribution in [1.82, 2.24) is 15.0 Å². The summed E-state index contributed by atoms with van der Waals surface area (Å²) < 4.78 is 5.20. The maximum atomic E-state index is 12.5. The van der Waals surface area contributed by atoms with E-state index in [9.17, 15) is 9.59 Å². The second kappa shape index (κ2) is 8.36. The van der Waals surface area contributed by atoms with Crippen LogP contribution in [0, 0.1) is 0 Å². The van der Waals surface area contributed by atoms with Crippen molar-refractivity contribution in [3.8, 4) is 10.6 Å². The molecule has 0 saturated heterocycles. The molecule has 146 valence electrons. The number of carbonyl (C=O) groups is 2. The number of nitrogens with one attached hydrogen (secondary N) is 1. The molecule has 4 aromatic rings. The maximum absolute atomic E-state index is 12.5. The van der Waals surface area contributed by atoms with E-state index in [1.165, 1.54) is 11.3 Å². The van der Waals surface area contributed by atoms with Crippen molar-refractivity contribution < 1.29 is 14.3 Å². The third-order valence-electron chi connectivity index (χ3n) is 4.63. The van der Waals surface area contributed by atoms with Crippen molar-refractivity contribution >= 4 is 34.0 Å². The number of carbonyl (C=O) groups excluding carboxylic acids is 2. The fourth-order valence-corrected chi connectivity index (χ4v) is 3.99. The number of aromatic nitrogens is 3. The Bertz CT molecular complexity index is 1160. The van der Waals surface area contributed by atoms with Crippen molar-refractivity contribution in [2.24, 2.45) is 0 Å². The second-order valence-corrected chi connectivity index (χ2v) is 7.40. The molecule has 0 amide bonds. The van der Waals surface area contributed by atoms with Gasteiger partial charge in [0.25, 0.3) is 0 Å². The molecule has 29 heavy (non-hydrogen) atoms. The van der Waals surface area contributed by atoms with Gasteiger partial charge in [0.15, 0.2) is 6.61 Å². The lowest BCUT2D eigenvalue weighted by atomic mass is 10.1. The Morgan fingerprint density at radius 3 is 2.90 bits per heavy atom. The highest BCUT2D eigenvalue weighted by atomic mass is 32.1. The standard InChI is InChI=1S/C22H19N3O3S/c1-2-14-5-3-7-17-18(11-24-21(14)17)19(26)12-28-20(27)9-16-13-29-22(25-16)15-6-4-8-23-10-15/h3-8,10-11,13,24H,2,9,12H2,1H3. The third kappa shape index (κ3) is 4.09. The largest absolute Gasteiger partial charge is 0.457 e. The van der Waals surface area contributed by atoms with E-state index in [0.717, 1.165) is 33.5 Å². The summed E-state index contributed by atoms with van der Waals surface area (Å²) in [6, 6.07) is 9.61. The van der Waals surface area contributed by atoms with Gasteiger partial charge in [0, 0.05) is 46.0 Å². The van der Waals surface area contributed by atoms with Gasteiger partial charge >= 0.3 is 5.97 Å². The number of rotatable bonds is 7. The number of nitrogens with zero attached hydrogens (tertiary/aromatic N) is 2. The van der Waals surface area contributed by atoms with Crippen LogP contribution in [0.3, 0.4) is 0 Å². The van der Waals surface area contributed by atoms with Crippen LogP contribution in [0.4, 0.5) is 0 Å². The zero-order valence-corrected chi connectivity index (χ0v) is 16.7. The van der Waals surface area contributed by atoms with E-state index < -0.39 is 5.97 Å². The van der Waals surface area contributed by atoms with Crippen LogP contribution in [-0.2, 0) is 22.4 Å². The number of aryl methyl sites for hydroxylation is 1. The van der Waals surface area contributed by atoms with Gasteiger partial charge in [-0.3, -0.25) is 14.6 Å². The average Bonchev–Trinajstić information content (AvgIpc) is 3.39. The average molecular weight is 405 g/mol. The number of aromatic amines is 1. The quantitative estimate of drug-likeness (QED) is 0.368. The van der Waals surface area contributed by atoms with E-state index >= 15 is 0 Å². The number of ether oxygens (including phenoxy) is 1. The van der Waals surface area contributed by atoms with Crippen LogP contribution in [0.25, 0.3) is 21.5 Å². The Kier molecular flexibility index (Phi) is 5.48. The molecular weight excluding hydrogens is 386 g/mol. The van der Waals surface area contributed by atoms with Gasteiger partial charge in [0.1, 0.15) is 5.01 Å². The fraction of sp³-hybridized carbons (Fsp3) is 0.182. The predicted octanol–water partition coefficient (Wildman–Crippen LogP) is 4.22. The van der Waals surface area contributed by atoms with Gasteiger partial charge in [0.2, 0.25) is 5.78 Å². The number of Topliss-reactive ketones (excluding diaryl/α,β-unsaturated/α-hetero) is 1. The Labute approximate surface area is 171 Å². The summed E-state index contributed by atoms with van der Waals surface area (Å²) in [6.45, 7) is 1.78. The molecule has 1 aromatic carbocycles. The highest BCUT2D eigenvalue weighted by Gasteiger charge is 2.16. The molecule has 0 radical (unpaired) electrons. The molecule has 6 nitrogen and oxygen atoms in total. The molecule has 0 unspecified atom stereocenters. The van der Waals surface area contributed by atoms with Gasteiger partial charge in [-0.05, 0) is 24.1 Å². The summed E-state index contributed by atoms with van der Waals surface area (Å²) in [5.74, 6) is -0.706. The number of hydrogen-bond acceptors (Lipinski definition) is 6. The molecule has 0 atom stereocenters. The first-order chi connectivity index (χ1) is 14.2. The lowest BCUT2D eigenvalue weighted by Crippen LogP contribution is -2.15. The number of hydrogen-bond donors (Lipinski definition) is 1. The van der Waals surface area contributed by atoms with Gasteiger partial charge in [0.05, 0.1) is 12.1 Å². The summed E-state index contributed by atoms with van der Waals surface area (Å²) in [5, 5.41) is 3.46. The zero-order valence-electron chi connectivity index (χ0n) is 15.8. The van der Waals surface area contributed by atoms with E-state index in [1.54, 1.807) is 18.6 Å². The molecule has 7 heteroatoms. The Balaban J connectivity index is 1.38. The number of benzene rings is 1. The van der Waals surface area contributed by atoms with Gasteiger partial charge in [-0.2, -0.15) is 0 Å². The molecule has 4 rings (SSSR count). The molecule has 0 aliphatic carbocycles. The van der Waals surface area contributed by atoms with E-state index in [2.05, 4.69) is 21.9 Å². The molecule has 0 saturated carbocycles. The minimum Gasteiger partial charge on any atom is -0.457 e. The summed E-state index contributed by atoms with van der Waals surface area (Å²) in [5.41, 5.74) is 4.15. The topological polar surface area (TPSA) is 84.9 Å². The fourth-order valence-electron chi connectivity index (χ4n) is 3.18. The summed E-state index contributed by atoms with van der Waals surface area (Å²) in [4.78, 5) is 36.4. The van der Waals surface area contributed by atoms with Crippen LogP contribution in [0.15, 0.2) is 54.3 Å². The smallest absolute Gasteiger partial charge is 0.312 e. The molecule has 0 aliphatic rings. The first-order valence-corrected chi connectivity index (χ1v) is 10.2. The van der Waals surface area contributed by atoms with Crippen LogP contribution in [-0.4, -0.2) is 33.3 Å². The number of para-hydroxylation sites is 1. The number of ketones is 1. The molecule has 1 N–H and O–H groups in total. The Hall–Kier alpha value is -3.32. The highest BCUT2D eigenvalue weighted by Crippen LogP contribution is 2.24. The van der Waals surface area contributed by atoms with Crippen molar-refractivity contribution in [3.63, 3.8) is 0 Å². The third-order valence-corrected chi connectivity index (χ3v) is 5.57. The van der Waals surface area contributed by atoms with Gasteiger partial charge in [-0.25, -0.2) is 4.98 Å². The van der Waals surface area contributed by atoms with E-state index in [-0.39, 0.29) is 18.8 Å². The molecule has 0 fully saturated rings. The van der Waals surface area contributed by atoms with Crippen LogP contribution < -0.4 is 0 Å². The number of H-pyrrole nitrogens is 1. The Morgan fingerprint density at radius 1 is 1.21 bits per heavy atom. The van der Waals surface area contributed by atoms with Crippen LogP contribution in [0.2, 0.25) is 0 Å². The number of esters is 1. The van der Waals surface area contributed by atoms with Gasteiger partial charge < -0.3 is 9.72 Å². The van der Waals surface area contributed by atoms with Crippen LogP contribution in [0.5, 0.6) is 0 Å². The maximum Gasteiger partial charge on any atom is 0.312 e. The van der Waals surface area contributed by atoms with Crippen molar-refractivity contribution in [2.75, 3.05) is 6.61 Å². The molecule has 0 bridgehead atoms. The van der Waals surface area contributed by atoms with E-state index in [4.69, 9.17) is 4.74 Å². The van der Waals surface area contributed by atoms with Gasteiger partial charge in [-0.1, -0.05) is 25.1 Å². The number of thiazole rings is 1. The molecule has 0 spiro atoms. The molecule has 0 aliphatic heterocycles. The summed E-state index contributed by atoms with van der Waals surface area (Å²) >= 11 is 1.44. The van der Waals surface area contributed by atoms with Gasteiger partial charge in [-0.15, -0.1) is 11.3 Å². The zero-order chi connectivity index (χ0) is 20.2. The highest BCUT2D eigenvalue weighted by molar-refractivity contribution is 7.13. The second-order valence-electron chi connectivity index (χ2n) is 6.54. The molecule has 3 aromatic heterocycles. The van der Waals surface area contributed by atoms with Crippen molar-refractivity contribution in [1.29, 1.82) is 0 Å². The van der Waals surface area contributed by atoms with Crippen molar-refractivity contribution in [2.45, 2.75) is 19.8 Å². The minimum atomic E-state index is -0.476. The van der Waals surface area contributed by atoms with Crippen molar-refractivity contribution in [3.05, 3.63) is 71.1 Å². The first-order valence-electron chi connectivity index (χ1n) is 9.28. The number of pyridine rings is 1. The Morgan fingerprint density at radius 2 is 2.10 bits per heavy atom.